The second-order valence-electron chi connectivity index (χ2n) is 4.38. The van der Waals surface area contributed by atoms with Crippen LogP contribution in [0.25, 0.3) is 0 Å². The summed E-state index contributed by atoms with van der Waals surface area (Å²) < 4.78 is 0. The molecule has 0 atom stereocenters. The van der Waals surface area contributed by atoms with Crippen LogP contribution in [0.5, 0.6) is 0 Å². The number of hydrogen-bond donors (Lipinski definition) is 0. The van der Waals surface area contributed by atoms with Crippen molar-refractivity contribution in [2.45, 2.75) is 26.6 Å². The molecule has 0 heterocycles. The summed E-state index contributed by atoms with van der Waals surface area (Å²) >= 11 is 0. The minimum atomic E-state index is 1.02. The van der Waals surface area contributed by atoms with Gasteiger partial charge < -0.3 is 0 Å². The molecule has 0 saturated heterocycles. The fraction of sp³-hybridized carbons (Fsp3) is 0.250. The zero-order valence-electron chi connectivity index (χ0n) is 10.6. The summed E-state index contributed by atoms with van der Waals surface area (Å²) in [7, 11) is 2.12. The summed E-state index contributed by atoms with van der Waals surface area (Å²) in [5, 5.41) is 0. The molecule has 2 rings (SSSR count). The highest BCUT2D eigenvalue weighted by Crippen LogP contribution is 2.10. The predicted octanol–water partition coefficient (Wildman–Crippen LogP) is 3.22. The van der Waals surface area contributed by atoms with Crippen LogP contribution in [-0.2, 0) is 12.8 Å². The lowest BCUT2D eigenvalue weighted by Crippen LogP contribution is -2.09. The highest BCUT2D eigenvalue weighted by Gasteiger charge is 1.97. The van der Waals surface area contributed by atoms with Crippen LogP contribution in [0.3, 0.4) is 0 Å². The van der Waals surface area contributed by atoms with Crippen LogP contribution in [0.4, 0.5) is 0 Å². The van der Waals surface area contributed by atoms with E-state index in [9.17, 15) is 0 Å². The molecule has 2 aromatic carbocycles. The molecular formula is C16H18B. The maximum atomic E-state index is 2.23. The lowest BCUT2D eigenvalue weighted by molar-refractivity contribution is 1.12. The van der Waals surface area contributed by atoms with Crippen molar-refractivity contribution >= 4 is 12.7 Å². The average molecular weight is 221 g/mol. The Morgan fingerprint density at radius 3 is 1.71 bits per heavy atom. The van der Waals surface area contributed by atoms with E-state index >= 15 is 0 Å². The maximum absolute atomic E-state index is 2.23. The van der Waals surface area contributed by atoms with Gasteiger partial charge in [0.2, 0.25) is 0 Å². The third-order valence-corrected chi connectivity index (χ3v) is 3.15. The highest BCUT2D eigenvalue weighted by atomic mass is 14.0. The van der Waals surface area contributed by atoms with Crippen LogP contribution in [0.2, 0.25) is 6.82 Å². The third kappa shape index (κ3) is 3.23. The van der Waals surface area contributed by atoms with E-state index in [0.717, 1.165) is 12.8 Å². The molecule has 0 N–H and O–H groups in total. The minimum Gasteiger partial charge on any atom is -0.0881 e. The van der Waals surface area contributed by atoms with Gasteiger partial charge in [0.15, 0.2) is 0 Å². The normalized spacial score (nSPS) is 10.2. The predicted molar refractivity (Wildman–Crippen MR) is 76.3 cm³/mol. The smallest absolute Gasteiger partial charge is 0.0881 e. The Morgan fingerprint density at radius 1 is 0.765 bits per heavy atom. The lowest BCUT2D eigenvalue weighted by atomic mass is 9.73. The van der Waals surface area contributed by atoms with Gasteiger partial charge in [0.1, 0.15) is 7.28 Å². The Hall–Kier alpha value is -1.50. The van der Waals surface area contributed by atoms with Gasteiger partial charge in [-0.2, -0.15) is 0 Å². The number of benzene rings is 2. The number of rotatable bonds is 4. The topological polar surface area (TPSA) is 0 Å². The molecule has 0 nitrogen and oxygen atoms in total. The number of aryl methyl sites for hydroxylation is 1. The zero-order valence-corrected chi connectivity index (χ0v) is 10.6. The van der Waals surface area contributed by atoms with Crippen molar-refractivity contribution in [2.24, 2.45) is 0 Å². The van der Waals surface area contributed by atoms with E-state index in [2.05, 4.69) is 69.6 Å². The van der Waals surface area contributed by atoms with Gasteiger partial charge in [-0.05, 0) is 29.5 Å². The molecule has 0 aliphatic rings. The first kappa shape index (κ1) is 12.0. The van der Waals surface area contributed by atoms with E-state index in [1.54, 1.807) is 0 Å². The van der Waals surface area contributed by atoms with Crippen LogP contribution in [0, 0.1) is 0 Å². The third-order valence-electron chi connectivity index (χ3n) is 3.15. The molecule has 1 radical (unpaired) electrons. The van der Waals surface area contributed by atoms with Gasteiger partial charge in [0.25, 0.3) is 0 Å². The first-order chi connectivity index (χ1) is 8.31. The van der Waals surface area contributed by atoms with Gasteiger partial charge in [-0.15, -0.1) is 0 Å². The zero-order chi connectivity index (χ0) is 12.1. The average Bonchev–Trinajstić information content (AvgIpc) is 2.40. The molecule has 17 heavy (non-hydrogen) atoms. The van der Waals surface area contributed by atoms with Gasteiger partial charge >= 0.3 is 0 Å². The van der Waals surface area contributed by atoms with Gasteiger partial charge in [-0.3, -0.25) is 0 Å². The lowest BCUT2D eigenvalue weighted by Gasteiger charge is -2.04. The molecule has 85 valence electrons. The summed E-state index contributed by atoms with van der Waals surface area (Å²) in [5.74, 6) is 0. The van der Waals surface area contributed by atoms with Gasteiger partial charge in [0, 0.05) is 0 Å². The SMILES string of the molecule is C[B]c1ccc(Cc2ccc(CC)cc2)cc1. The van der Waals surface area contributed by atoms with Gasteiger partial charge in [0.05, 0.1) is 0 Å². The van der Waals surface area contributed by atoms with Crippen molar-refractivity contribution in [1.29, 1.82) is 0 Å². The van der Waals surface area contributed by atoms with Crippen molar-refractivity contribution in [3.63, 3.8) is 0 Å². The molecule has 1 heteroatoms. The fourth-order valence-electron chi connectivity index (χ4n) is 1.96. The summed E-state index contributed by atoms with van der Waals surface area (Å²) in [6, 6.07) is 17.7. The Kier molecular flexibility index (Phi) is 4.03. The highest BCUT2D eigenvalue weighted by molar-refractivity contribution is 6.51. The molecule has 0 saturated carbocycles. The molecule has 0 spiro atoms. The van der Waals surface area contributed by atoms with Crippen molar-refractivity contribution in [2.75, 3.05) is 0 Å². The molecule has 0 aliphatic carbocycles. The molecule has 0 fully saturated rings. The molecule has 0 aliphatic heterocycles. The minimum absolute atomic E-state index is 1.02. The molecule has 2 aromatic rings. The van der Waals surface area contributed by atoms with Crippen molar-refractivity contribution in [3.05, 3.63) is 65.2 Å². The Labute approximate surface area is 105 Å². The standard InChI is InChI=1S/C16H18B/c1-3-13-4-6-14(7-5-13)12-15-8-10-16(17-2)11-9-15/h4-11H,3,12H2,1-2H3. The van der Waals surface area contributed by atoms with Crippen LogP contribution < -0.4 is 5.46 Å². The van der Waals surface area contributed by atoms with E-state index in [0.29, 0.717) is 0 Å². The Morgan fingerprint density at radius 2 is 1.24 bits per heavy atom. The molecular weight excluding hydrogens is 203 g/mol. The van der Waals surface area contributed by atoms with E-state index in [1.807, 2.05) is 0 Å². The monoisotopic (exact) mass is 221 g/mol. The summed E-state index contributed by atoms with van der Waals surface area (Å²) in [6.45, 7) is 4.26. The van der Waals surface area contributed by atoms with Crippen LogP contribution in [0.1, 0.15) is 23.6 Å². The Balaban J connectivity index is 2.08. The fourth-order valence-corrected chi connectivity index (χ4v) is 1.96. The van der Waals surface area contributed by atoms with Crippen molar-refractivity contribution in [1.82, 2.24) is 0 Å². The second kappa shape index (κ2) is 5.72. The van der Waals surface area contributed by atoms with E-state index in [-0.39, 0.29) is 0 Å². The quantitative estimate of drug-likeness (QED) is 0.695. The molecule has 0 aromatic heterocycles. The summed E-state index contributed by atoms with van der Waals surface area (Å²) in [5.41, 5.74) is 5.45. The van der Waals surface area contributed by atoms with Gasteiger partial charge in [-0.1, -0.05) is 67.7 Å². The van der Waals surface area contributed by atoms with E-state index in [4.69, 9.17) is 0 Å². The van der Waals surface area contributed by atoms with E-state index in [1.165, 1.54) is 22.2 Å². The molecule has 0 amide bonds. The first-order valence-corrected chi connectivity index (χ1v) is 6.28. The largest absolute Gasteiger partial charge is 0.148 e. The molecule has 0 bridgehead atoms. The van der Waals surface area contributed by atoms with Gasteiger partial charge in [-0.25, -0.2) is 0 Å². The van der Waals surface area contributed by atoms with Crippen LogP contribution in [-0.4, -0.2) is 7.28 Å². The van der Waals surface area contributed by atoms with Crippen molar-refractivity contribution in [3.8, 4) is 0 Å². The van der Waals surface area contributed by atoms with Crippen molar-refractivity contribution < 1.29 is 0 Å². The maximum Gasteiger partial charge on any atom is 0.148 e. The summed E-state index contributed by atoms with van der Waals surface area (Å²) in [4.78, 5) is 0. The Bertz CT molecular complexity index is 408. The molecule has 0 unspecified atom stereocenters. The van der Waals surface area contributed by atoms with Crippen LogP contribution in [0.15, 0.2) is 48.5 Å². The van der Waals surface area contributed by atoms with Crippen LogP contribution >= 0.6 is 0 Å². The number of hydrogen-bond acceptors (Lipinski definition) is 0. The second-order valence-corrected chi connectivity index (χ2v) is 4.38. The van der Waals surface area contributed by atoms with E-state index < -0.39 is 0 Å². The summed E-state index contributed by atoms with van der Waals surface area (Å²) in [6.07, 6.45) is 2.13. The first-order valence-electron chi connectivity index (χ1n) is 6.28.